The zero-order chi connectivity index (χ0) is 9.68. The molecule has 0 aromatic rings. The molecule has 0 aromatic carbocycles. The Morgan fingerprint density at radius 2 is 2.46 bits per heavy atom. The molecule has 0 saturated carbocycles. The maximum Gasteiger partial charge on any atom is 0.323 e. The fraction of sp³-hybridized carbons (Fsp3) is 0.800. The van der Waals surface area contributed by atoms with Crippen LogP contribution in [0.2, 0.25) is 0 Å². The number of esters is 1. The first kappa shape index (κ1) is 10.5. The number of carbonyl (C=O) groups excluding carboxylic acids is 1. The summed E-state index contributed by atoms with van der Waals surface area (Å²) in [6, 6.07) is 0.00157. The predicted octanol–water partition coefficient (Wildman–Crippen LogP) is 1.24. The Morgan fingerprint density at radius 1 is 1.69 bits per heavy atom. The van der Waals surface area contributed by atoms with Gasteiger partial charge in [-0.15, -0.1) is 0 Å². The molecule has 75 valence electrons. The second kappa shape index (κ2) is 5.22. The van der Waals surface area contributed by atoms with Crippen molar-refractivity contribution in [2.75, 3.05) is 19.7 Å². The van der Waals surface area contributed by atoms with Crippen LogP contribution in [0.1, 0.15) is 26.2 Å². The van der Waals surface area contributed by atoms with E-state index in [1.807, 2.05) is 6.92 Å². The van der Waals surface area contributed by atoms with Gasteiger partial charge in [-0.2, -0.15) is 0 Å². The molecule has 13 heavy (non-hydrogen) atoms. The number of rotatable bonds is 4. The molecule has 1 radical (unpaired) electrons. The summed E-state index contributed by atoms with van der Waals surface area (Å²) in [7, 11) is 0. The van der Waals surface area contributed by atoms with Crippen molar-refractivity contribution in [1.29, 1.82) is 0 Å². The van der Waals surface area contributed by atoms with E-state index in [4.69, 9.17) is 4.74 Å². The van der Waals surface area contributed by atoms with Crippen LogP contribution in [0.5, 0.6) is 0 Å². The SMILES string of the molecule is [CH2]CCN1CCCC1C(=O)OCC. The minimum atomic E-state index is -0.0616. The van der Waals surface area contributed by atoms with E-state index in [2.05, 4.69) is 11.8 Å². The molecule has 1 saturated heterocycles. The molecule has 1 rings (SSSR count). The first-order valence-electron chi connectivity index (χ1n) is 4.99. The van der Waals surface area contributed by atoms with E-state index in [0.29, 0.717) is 6.61 Å². The summed E-state index contributed by atoms with van der Waals surface area (Å²) < 4.78 is 5.00. The summed E-state index contributed by atoms with van der Waals surface area (Å²) >= 11 is 0. The average Bonchev–Trinajstić information content (AvgIpc) is 2.54. The molecule has 0 N–H and O–H groups in total. The third-order valence-electron chi connectivity index (χ3n) is 2.37. The fourth-order valence-corrected chi connectivity index (χ4v) is 1.80. The van der Waals surface area contributed by atoms with E-state index in [1.54, 1.807) is 0 Å². The Bertz CT molecular complexity index is 170. The highest BCUT2D eigenvalue weighted by atomic mass is 16.5. The number of carbonyl (C=O) groups is 1. The topological polar surface area (TPSA) is 29.5 Å². The largest absolute Gasteiger partial charge is 0.465 e. The zero-order valence-electron chi connectivity index (χ0n) is 8.29. The molecule has 3 heteroatoms. The number of hydrogen-bond acceptors (Lipinski definition) is 3. The summed E-state index contributed by atoms with van der Waals surface area (Å²) in [6.45, 7) is 8.04. The smallest absolute Gasteiger partial charge is 0.323 e. The van der Waals surface area contributed by atoms with Gasteiger partial charge < -0.3 is 4.74 Å². The lowest BCUT2D eigenvalue weighted by Crippen LogP contribution is -2.37. The quantitative estimate of drug-likeness (QED) is 0.616. The molecule has 1 fully saturated rings. The van der Waals surface area contributed by atoms with Crippen molar-refractivity contribution in [2.24, 2.45) is 0 Å². The maximum absolute atomic E-state index is 11.4. The average molecular weight is 184 g/mol. The van der Waals surface area contributed by atoms with Crippen molar-refractivity contribution >= 4 is 5.97 Å². The van der Waals surface area contributed by atoms with Gasteiger partial charge in [0, 0.05) is 0 Å². The van der Waals surface area contributed by atoms with Crippen LogP contribution in [0.4, 0.5) is 0 Å². The molecule has 0 aliphatic carbocycles. The lowest BCUT2D eigenvalue weighted by Gasteiger charge is -2.21. The number of ether oxygens (including phenoxy) is 1. The van der Waals surface area contributed by atoms with E-state index in [9.17, 15) is 4.79 Å². The Kier molecular flexibility index (Phi) is 4.22. The van der Waals surface area contributed by atoms with Crippen molar-refractivity contribution in [3.05, 3.63) is 6.92 Å². The first-order chi connectivity index (χ1) is 6.29. The number of hydrogen-bond donors (Lipinski definition) is 0. The second-order valence-electron chi connectivity index (χ2n) is 3.30. The van der Waals surface area contributed by atoms with Gasteiger partial charge in [0.1, 0.15) is 6.04 Å². The van der Waals surface area contributed by atoms with Gasteiger partial charge in [-0.05, 0) is 39.3 Å². The third-order valence-corrected chi connectivity index (χ3v) is 2.37. The molecule has 1 atom stereocenters. The molecule has 0 spiro atoms. The normalized spacial score (nSPS) is 23.4. The summed E-state index contributed by atoms with van der Waals surface area (Å²) in [4.78, 5) is 13.6. The van der Waals surface area contributed by atoms with Crippen LogP contribution >= 0.6 is 0 Å². The van der Waals surface area contributed by atoms with Crippen LogP contribution < -0.4 is 0 Å². The van der Waals surface area contributed by atoms with Gasteiger partial charge in [-0.3, -0.25) is 9.69 Å². The molecule has 3 nitrogen and oxygen atoms in total. The Labute approximate surface area is 80.1 Å². The van der Waals surface area contributed by atoms with Gasteiger partial charge in [-0.25, -0.2) is 0 Å². The first-order valence-corrected chi connectivity index (χ1v) is 4.99. The van der Waals surface area contributed by atoms with Gasteiger partial charge in [0.25, 0.3) is 0 Å². The van der Waals surface area contributed by atoms with Crippen molar-refractivity contribution in [3.63, 3.8) is 0 Å². The molecule has 0 amide bonds. The van der Waals surface area contributed by atoms with E-state index >= 15 is 0 Å². The Morgan fingerprint density at radius 3 is 3.08 bits per heavy atom. The predicted molar refractivity (Wildman–Crippen MR) is 51.2 cm³/mol. The standard InChI is InChI=1S/C10H18NO2/c1-3-7-11-8-5-6-9(11)10(12)13-4-2/h9H,1,3-8H2,2H3. The molecule has 1 heterocycles. The van der Waals surface area contributed by atoms with E-state index in [0.717, 1.165) is 32.4 Å². The molecular formula is C10H18NO2. The summed E-state index contributed by atoms with van der Waals surface area (Å²) in [5, 5.41) is 0. The molecule has 0 aromatic heterocycles. The van der Waals surface area contributed by atoms with Crippen LogP contribution in [-0.2, 0) is 9.53 Å². The molecule has 1 unspecified atom stereocenters. The van der Waals surface area contributed by atoms with Gasteiger partial charge >= 0.3 is 5.97 Å². The van der Waals surface area contributed by atoms with Gasteiger partial charge in [0.05, 0.1) is 6.61 Å². The van der Waals surface area contributed by atoms with Crippen LogP contribution in [-0.4, -0.2) is 36.6 Å². The minimum Gasteiger partial charge on any atom is -0.465 e. The van der Waals surface area contributed by atoms with Crippen LogP contribution in [0.15, 0.2) is 0 Å². The molecular weight excluding hydrogens is 166 g/mol. The summed E-state index contributed by atoms with van der Waals surface area (Å²) in [6.07, 6.45) is 2.90. The van der Waals surface area contributed by atoms with Gasteiger partial charge in [0.2, 0.25) is 0 Å². The van der Waals surface area contributed by atoms with Crippen molar-refractivity contribution in [1.82, 2.24) is 4.90 Å². The zero-order valence-corrected chi connectivity index (χ0v) is 8.29. The summed E-state index contributed by atoms with van der Waals surface area (Å²) in [5.41, 5.74) is 0. The Balaban J connectivity index is 2.42. The van der Waals surface area contributed by atoms with Crippen LogP contribution in [0, 0.1) is 6.92 Å². The van der Waals surface area contributed by atoms with Gasteiger partial charge in [-0.1, -0.05) is 6.92 Å². The highest BCUT2D eigenvalue weighted by Crippen LogP contribution is 2.18. The molecule has 0 bridgehead atoms. The monoisotopic (exact) mass is 184 g/mol. The number of likely N-dealkylation sites (tertiary alicyclic amines) is 1. The second-order valence-corrected chi connectivity index (χ2v) is 3.30. The van der Waals surface area contributed by atoms with Gasteiger partial charge in [0.15, 0.2) is 0 Å². The number of nitrogens with zero attached hydrogens (tertiary/aromatic N) is 1. The van der Waals surface area contributed by atoms with Crippen LogP contribution in [0.3, 0.4) is 0 Å². The van der Waals surface area contributed by atoms with E-state index < -0.39 is 0 Å². The lowest BCUT2D eigenvalue weighted by molar-refractivity contribution is -0.148. The maximum atomic E-state index is 11.4. The van der Waals surface area contributed by atoms with Crippen molar-refractivity contribution in [2.45, 2.75) is 32.2 Å². The summed E-state index contributed by atoms with van der Waals surface area (Å²) in [5.74, 6) is -0.0616. The highest BCUT2D eigenvalue weighted by molar-refractivity contribution is 5.76. The van der Waals surface area contributed by atoms with E-state index in [1.165, 1.54) is 0 Å². The molecule has 1 aliphatic heterocycles. The third kappa shape index (κ3) is 2.69. The minimum absolute atomic E-state index is 0.00157. The molecule has 1 aliphatic rings. The lowest BCUT2D eigenvalue weighted by atomic mass is 10.2. The fourth-order valence-electron chi connectivity index (χ4n) is 1.80. The van der Waals surface area contributed by atoms with E-state index in [-0.39, 0.29) is 12.0 Å². The Hall–Kier alpha value is -0.570. The van der Waals surface area contributed by atoms with Crippen molar-refractivity contribution in [3.8, 4) is 0 Å². The highest BCUT2D eigenvalue weighted by Gasteiger charge is 2.30. The van der Waals surface area contributed by atoms with Crippen LogP contribution in [0.25, 0.3) is 0 Å². The van der Waals surface area contributed by atoms with Crippen molar-refractivity contribution < 1.29 is 9.53 Å².